The molecule has 0 fully saturated rings. The van der Waals surface area contributed by atoms with E-state index in [1.165, 1.54) is 199 Å². The van der Waals surface area contributed by atoms with Gasteiger partial charge in [-0.1, -0.05) is 239 Å². The fraction of sp³-hybridized carbons (Fsp3) is 0.943. The van der Waals surface area contributed by atoms with Gasteiger partial charge in [0.25, 0.3) is 0 Å². The zero-order valence-electron chi connectivity index (χ0n) is 41.8. The van der Waals surface area contributed by atoms with E-state index in [0.29, 0.717) is 17.4 Å². The summed E-state index contributed by atoms with van der Waals surface area (Å²) >= 11 is 0. The average Bonchev–Trinajstić information content (AvgIpc) is 3.23. The summed E-state index contributed by atoms with van der Waals surface area (Å²) in [6.45, 7) is 4.76. The lowest BCUT2D eigenvalue weighted by Crippen LogP contribution is -2.44. The lowest BCUT2D eigenvalue weighted by Gasteiger charge is -2.26. The van der Waals surface area contributed by atoms with Gasteiger partial charge in [-0.2, -0.15) is 0 Å². The number of esters is 2. The Kier molecular flexibility index (Phi) is 44.6. The van der Waals surface area contributed by atoms with Crippen LogP contribution in [-0.4, -0.2) is 82.3 Å². The van der Waals surface area contributed by atoms with Crippen LogP contribution >= 0.6 is 0 Å². The molecule has 0 aromatic carbocycles. The van der Waals surface area contributed by atoms with Gasteiger partial charge in [0.2, 0.25) is 0 Å². The first-order valence-electron chi connectivity index (χ1n) is 26.7. The molecule has 0 amide bonds. The Balaban J connectivity index is 4.05. The first kappa shape index (κ1) is 60.3. The minimum Gasteiger partial charge on any atom is -0.545 e. The summed E-state index contributed by atoms with van der Waals surface area (Å²) in [6, 6.07) is 0. The van der Waals surface area contributed by atoms with E-state index in [1.54, 1.807) is 0 Å². The second kappa shape index (κ2) is 45.8. The quantitative estimate of drug-likeness (QED) is 0.0257. The number of unbranched alkanes of at least 4 members (excludes halogenated alkanes) is 35. The molecule has 0 N–H and O–H groups in total. The van der Waals surface area contributed by atoms with Gasteiger partial charge in [0.05, 0.1) is 40.3 Å². The second-order valence-corrected chi connectivity index (χ2v) is 19.5. The van der Waals surface area contributed by atoms with Gasteiger partial charge in [-0.3, -0.25) is 9.59 Å². The molecule has 2 unspecified atom stereocenters. The molecule has 0 saturated carbocycles. The minimum absolute atomic E-state index is 0.153. The molecule has 0 heterocycles. The van der Waals surface area contributed by atoms with E-state index in [2.05, 4.69) is 13.8 Å². The lowest BCUT2D eigenvalue weighted by atomic mass is 10.0. The van der Waals surface area contributed by atoms with E-state index in [1.807, 2.05) is 21.1 Å². The van der Waals surface area contributed by atoms with Gasteiger partial charge in [-0.15, -0.1) is 0 Å². The molecule has 0 aromatic heterocycles. The molecule has 0 radical (unpaired) electrons. The minimum atomic E-state index is -1.61. The zero-order chi connectivity index (χ0) is 45.6. The molecule has 0 aliphatic heterocycles. The first-order chi connectivity index (χ1) is 30.1. The summed E-state index contributed by atoms with van der Waals surface area (Å²) in [5.74, 6) is -2.26. The standard InChI is InChI=1S/C53H103NO8/c1-6-8-10-12-14-16-17-18-19-20-21-22-23-24-25-26-27-28-29-30-31-32-33-34-36-38-40-42-44-51(56)62-49(48-61-53(52(57)58)59-46-45-54(3,4)5)47-60-50(55)43-41-39-37-35-15-13-11-9-7-2/h49,53H,6-48H2,1-5H3. The third-order valence-corrected chi connectivity index (χ3v) is 12.1. The summed E-state index contributed by atoms with van der Waals surface area (Å²) in [7, 11) is 5.92. The lowest BCUT2D eigenvalue weighted by molar-refractivity contribution is -0.870. The van der Waals surface area contributed by atoms with Crippen molar-refractivity contribution in [2.24, 2.45) is 0 Å². The summed E-state index contributed by atoms with van der Waals surface area (Å²) in [5, 5.41) is 11.7. The maximum Gasteiger partial charge on any atom is 0.306 e. The van der Waals surface area contributed by atoms with Gasteiger partial charge in [0.15, 0.2) is 12.4 Å². The van der Waals surface area contributed by atoms with Crippen LogP contribution in [0.3, 0.4) is 0 Å². The SMILES string of the molecule is CCCCCCCCCCCCCCCCCCCCCCCCCCCCCCC(=O)OC(COC(=O)CCCCCCCCCCC)COC(OCC[N+](C)(C)C)C(=O)[O-]. The van der Waals surface area contributed by atoms with Gasteiger partial charge in [-0.05, 0) is 12.8 Å². The van der Waals surface area contributed by atoms with E-state index < -0.39 is 24.3 Å². The van der Waals surface area contributed by atoms with E-state index in [-0.39, 0.29) is 32.2 Å². The van der Waals surface area contributed by atoms with Crippen molar-refractivity contribution in [1.82, 2.24) is 0 Å². The van der Waals surface area contributed by atoms with Crippen LogP contribution in [0.15, 0.2) is 0 Å². The van der Waals surface area contributed by atoms with Gasteiger partial charge < -0.3 is 33.3 Å². The molecule has 0 saturated heterocycles. The van der Waals surface area contributed by atoms with Gasteiger partial charge in [-0.25, -0.2) is 0 Å². The Morgan fingerprint density at radius 3 is 1.03 bits per heavy atom. The van der Waals surface area contributed by atoms with Crippen molar-refractivity contribution in [3.8, 4) is 0 Å². The number of quaternary nitrogens is 1. The number of carboxylic acids is 1. The normalized spacial score (nSPS) is 12.7. The molecule has 0 rings (SSSR count). The maximum absolute atomic E-state index is 12.8. The number of nitrogens with zero attached hydrogens (tertiary/aromatic N) is 1. The number of hydrogen-bond donors (Lipinski definition) is 0. The van der Waals surface area contributed by atoms with E-state index in [4.69, 9.17) is 18.9 Å². The first-order valence-corrected chi connectivity index (χ1v) is 26.7. The van der Waals surface area contributed by atoms with Crippen molar-refractivity contribution < 1.29 is 42.9 Å². The second-order valence-electron chi connectivity index (χ2n) is 19.5. The number of hydrogen-bond acceptors (Lipinski definition) is 8. The summed E-state index contributed by atoms with van der Waals surface area (Å²) < 4.78 is 22.6. The summed E-state index contributed by atoms with van der Waals surface area (Å²) in [6.07, 6.45) is 46.0. The van der Waals surface area contributed by atoms with Gasteiger partial charge in [0.1, 0.15) is 13.2 Å². The smallest absolute Gasteiger partial charge is 0.306 e. The van der Waals surface area contributed by atoms with Crippen LogP contribution < -0.4 is 5.11 Å². The van der Waals surface area contributed by atoms with Crippen molar-refractivity contribution in [3.63, 3.8) is 0 Å². The Morgan fingerprint density at radius 2 is 0.726 bits per heavy atom. The van der Waals surface area contributed by atoms with Crippen LogP contribution in [0.1, 0.15) is 264 Å². The molecule has 0 spiro atoms. The molecule has 0 aromatic rings. The molecule has 0 aliphatic carbocycles. The molecule has 0 aliphatic rings. The van der Waals surface area contributed by atoms with Crippen molar-refractivity contribution in [3.05, 3.63) is 0 Å². The number of carbonyl (C=O) groups is 3. The maximum atomic E-state index is 12.8. The van der Waals surface area contributed by atoms with Gasteiger partial charge >= 0.3 is 11.9 Å². The topological polar surface area (TPSA) is 111 Å². The van der Waals surface area contributed by atoms with Crippen LogP contribution in [0.2, 0.25) is 0 Å². The summed E-state index contributed by atoms with van der Waals surface area (Å²) in [4.78, 5) is 37.0. The fourth-order valence-electron chi connectivity index (χ4n) is 7.95. The van der Waals surface area contributed by atoms with E-state index in [9.17, 15) is 19.5 Å². The van der Waals surface area contributed by atoms with Crippen LogP contribution in [0.25, 0.3) is 0 Å². The zero-order valence-corrected chi connectivity index (χ0v) is 41.8. The molecule has 62 heavy (non-hydrogen) atoms. The summed E-state index contributed by atoms with van der Waals surface area (Å²) in [5.41, 5.74) is 0. The van der Waals surface area contributed by atoms with Crippen molar-refractivity contribution in [2.75, 3.05) is 47.5 Å². The Bertz CT molecular complexity index is 985. The number of rotatable bonds is 50. The highest BCUT2D eigenvalue weighted by atomic mass is 16.7. The predicted octanol–water partition coefficient (Wildman–Crippen LogP) is 13.5. The third-order valence-electron chi connectivity index (χ3n) is 12.1. The molecule has 9 nitrogen and oxygen atoms in total. The molecular weight excluding hydrogens is 779 g/mol. The molecule has 0 bridgehead atoms. The number of ether oxygens (including phenoxy) is 4. The highest BCUT2D eigenvalue weighted by Crippen LogP contribution is 2.17. The fourth-order valence-corrected chi connectivity index (χ4v) is 7.95. The molecule has 368 valence electrons. The van der Waals surface area contributed by atoms with Crippen molar-refractivity contribution >= 4 is 17.9 Å². The highest BCUT2D eigenvalue weighted by molar-refractivity contribution is 5.70. The predicted molar refractivity (Wildman–Crippen MR) is 256 cm³/mol. The molecule has 9 heteroatoms. The average molecular weight is 882 g/mol. The number of carbonyl (C=O) groups excluding carboxylic acids is 3. The Hall–Kier alpha value is -1.71. The van der Waals surface area contributed by atoms with Gasteiger partial charge in [0, 0.05) is 12.8 Å². The Morgan fingerprint density at radius 1 is 0.419 bits per heavy atom. The van der Waals surface area contributed by atoms with Crippen LogP contribution in [0, 0.1) is 0 Å². The van der Waals surface area contributed by atoms with Crippen LogP contribution in [-0.2, 0) is 33.3 Å². The third kappa shape index (κ3) is 46.3. The van der Waals surface area contributed by atoms with E-state index >= 15 is 0 Å². The number of likely N-dealkylation sites (N-methyl/N-ethyl adjacent to an activating group) is 1. The van der Waals surface area contributed by atoms with E-state index in [0.717, 1.165) is 38.5 Å². The highest BCUT2D eigenvalue weighted by Gasteiger charge is 2.22. The monoisotopic (exact) mass is 882 g/mol. The van der Waals surface area contributed by atoms with Crippen LogP contribution in [0.5, 0.6) is 0 Å². The molecule has 2 atom stereocenters. The molecular formula is C53H103NO8. The van der Waals surface area contributed by atoms with Crippen LogP contribution in [0.4, 0.5) is 0 Å². The number of aliphatic carboxylic acids is 1. The number of carboxylic acid groups (broad SMARTS) is 1. The Labute approximate surface area is 383 Å². The van der Waals surface area contributed by atoms with Crippen molar-refractivity contribution in [1.29, 1.82) is 0 Å². The largest absolute Gasteiger partial charge is 0.545 e. The van der Waals surface area contributed by atoms with Crippen molar-refractivity contribution in [2.45, 2.75) is 277 Å².